The maximum Gasteiger partial charge on any atom is 0.255 e. The molecule has 2 aliphatic rings. The first kappa shape index (κ1) is 16.4. The Balaban J connectivity index is 1.59. The van der Waals surface area contributed by atoms with Gasteiger partial charge in [-0.15, -0.1) is 0 Å². The number of rotatable bonds is 4. The minimum absolute atomic E-state index is 0.0331. The number of carbonyl (C=O) groups is 1. The molecular formula is C21H27N3O. The first-order valence-corrected chi connectivity index (χ1v) is 9.74. The molecule has 1 aromatic heterocycles. The minimum atomic E-state index is 0.0331. The maximum atomic E-state index is 12.9. The molecule has 0 atom stereocenters. The number of anilines is 1. The molecule has 4 nitrogen and oxygen atoms in total. The molecular weight excluding hydrogens is 310 g/mol. The average Bonchev–Trinajstić information content (AvgIpc) is 3.20. The smallest absolute Gasteiger partial charge is 0.255 e. The third-order valence-corrected chi connectivity index (χ3v) is 5.63. The van der Waals surface area contributed by atoms with Crippen LogP contribution in [0.2, 0.25) is 0 Å². The Labute approximate surface area is 149 Å². The van der Waals surface area contributed by atoms with E-state index in [0.29, 0.717) is 5.92 Å². The van der Waals surface area contributed by atoms with Gasteiger partial charge in [0.1, 0.15) is 5.82 Å². The Morgan fingerprint density at radius 2 is 1.84 bits per heavy atom. The predicted octanol–water partition coefficient (Wildman–Crippen LogP) is 4.15. The fraction of sp³-hybridized carbons (Fsp3) is 0.524. The first-order chi connectivity index (χ1) is 12.3. The van der Waals surface area contributed by atoms with Gasteiger partial charge in [-0.2, -0.15) is 0 Å². The van der Waals surface area contributed by atoms with Gasteiger partial charge in [-0.05, 0) is 43.7 Å². The quantitative estimate of drug-likeness (QED) is 0.912. The van der Waals surface area contributed by atoms with Crippen LogP contribution >= 0.6 is 0 Å². The molecule has 1 saturated carbocycles. The number of nitrogens with zero attached hydrogens (tertiary/aromatic N) is 2. The van der Waals surface area contributed by atoms with E-state index in [1.807, 2.05) is 30.3 Å². The molecule has 4 heteroatoms. The van der Waals surface area contributed by atoms with Crippen molar-refractivity contribution in [2.75, 3.05) is 24.5 Å². The number of fused-ring (bicyclic) bond motifs is 1. The van der Waals surface area contributed by atoms with Crippen molar-refractivity contribution in [3.8, 4) is 0 Å². The highest BCUT2D eigenvalue weighted by Crippen LogP contribution is 2.27. The summed E-state index contributed by atoms with van der Waals surface area (Å²) < 4.78 is 0. The number of pyridine rings is 1. The third-order valence-electron chi connectivity index (χ3n) is 5.63. The predicted molar refractivity (Wildman–Crippen MR) is 102 cm³/mol. The fourth-order valence-corrected chi connectivity index (χ4v) is 4.17. The summed E-state index contributed by atoms with van der Waals surface area (Å²) in [6, 6.07) is 10.1. The van der Waals surface area contributed by atoms with E-state index < -0.39 is 0 Å². The summed E-state index contributed by atoms with van der Waals surface area (Å²) in [7, 11) is 0. The largest absolute Gasteiger partial charge is 0.356 e. The number of amides is 1. The molecule has 2 fully saturated rings. The van der Waals surface area contributed by atoms with Crippen LogP contribution in [0, 0.1) is 5.92 Å². The van der Waals surface area contributed by atoms with E-state index in [9.17, 15) is 4.79 Å². The molecule has 1 N–H and O–H groups in total. The van der Waals surface area contributed by atoms with Crippen molar-refractivity contribution in [2.24, 2.45) is 5.92 Å². The molecule has 2 aromatic rings. The van der Waals surface area contributed by atoms with Crippen LogP contribution in [0.25, 0.3) is 10.9 Å². The summed E-state index contributed by atoms with van der Waals surface area (Å²) in [4.78, 5) is 20.0. The zero-order valence-electron chi connectivity index (χ0n) is 14.8. The van der Waals surface area contributed by atoms with Crippen molar-refractivity contribution >= 4 is 22.6 Å². The van der Waals surface area contributed by atoms with E-state index in [-0.39, 0.29) is 5.91 Å². The van der Waals surface area contributed by atoms with E-state index in [1.165, 1.54) is 44.9 Å². The number of benzene rings is 1. The summed E-state index contributed by atoms with van der Waals surface area (Å²) >= 11 is 0. The summed E-state index contributed by atoms with van der Waals surface area (Å²) in [6.07, 6.45) is 8.80. The number of aromatic nitrogens is 1. The molecule has 4 rings (SSSR count). The number of hydrogen-bond acceptors (Lipinski definition) is 3. The van der Waals surface area contributed by atoms with Gasteiger partial charge in [0.25, 0.3) is 5.91 Å². The minimum Gasteiger partial charge on any atom is -0.356 e. The standard InChI is InChI=1S/C21H27N3O/c25-21(22-15-16-8-2-1-3-9-16)18-14-17-10-4-5-11-19(17)23-20(18)24-12-6-7-13-24/h4-5,10-11,14,16H,1-3,6-9,12-13,15H2,(H,22,25). The number of nitrogens with one attached hydrogen (secondary N) is 1. The van der Waals surface area contributed by atoms with Crippen LogP contribution in [0.3, 0.4) is 0 Å². The van der Waals surface area contributed by atoms with Crippen LogP contribution in [0.1, 0.15) is 55.3 Å². The average molecular weight is 337 g/mol. The summed E-state index contributed by atoms with van der Waals surface area (Å²) in [5.41, 5.74) is 1.70. The topological polar surface area (TPSA) is 45.2 Å². The molecule has 1 saturated heterocycles. The Hall–Kier alpha value is -2.10. The fourth-order valence-electron chi connectivity index (χ4n) is 4.17. The number of carbonyl (C=O) groups excluding carboxylic acids is 1. The second-order valence-electron chi connectivity index (χ2n) is 7.46. The van der Waals surface area contributed by atoms with Crippen LogP contribution in [0.15, 0.2) is 30.3 Å². The molecule has 0 unspecified atom stereocenters. The Morgan fingerprint density at radius 1 is 1.08 bits per heavy atom. The molecule has 1 amide bonds. The van der Waals surface area contributed by atoms with Crippen molar-refractivity contribution in [1.82, 2.24) is 10.3 Å². The molecule has 0 bridgehead atoms. The SMILES string of the molecule is O=C(NCC1CCCCC1)c1cc2ccccc2nc1N1CCCC1. The lowest BCUT2D eigenvalue weighted by atomic mass is 9.89. The van der Waals surface area contributed by atoms with Crippen LogP contribution in [-0.4, -0.2) is 30.5 Å². The zero-order valence-corrected chi connectivity index (χ0v) is 14.8. The van der Waals surface area contributed by atoms with Crippen molar-refractivity contribution in [3.63, 3.8) is 0 Å². The monoisotopic (exact) mass is 337 g/mol. The van der Waals surface area contributed by atoms with Gasteiger partial charge in [0.2, 0.25) is 0 Å². The molecule has 1 aliphatic carbocycles. The van der Waals surface area contributed by atoms with Crippen molar-refractivity contribution in [1.29, 1.82) is 0 Å². The Kier molecular flexibility index (Phi) is 4.86. The molecule has 0 spiro atoms. The highest BCUT2D eigenvalue weighted by molar-refractivity contribution is 6.02. The zero-order chi connectivity index (χ0) is 17.1. The van der Waals surface area contributed by atoms with Crippen LogP contribution in [0.4, 0.5) is 5.82 Å². The van der Waals surface area contributed by atoms with Crippen molar-refractivity contribution in [2.45, 2.75) is 44.9 Å². The second-order valence-corrected chi connectivity index (χ2v) is 7.46. The normalized spacial score (nSPS) is 18.6. The van der Waals surface area contributed by atoms with Gasteiger partial charge in [0, 0.05) is 25.0 Å². The van der Waals surface area contributed by atoms with Gasteiger partial charge in [-0.3, -0.25) is 4.79 Å². The summed E-state index contributed by atoms with van der Waals surface area (Å²) in [5.74, 6) is 1.53. The lowest BCUT2D eigenvalue weighted by Gasteiger charge is -2.23. The molecule has 25 heavy (non-hydrogen) atoms. The van der Waals surface area contributed by atoms with Gasteiger partial charge < -0.3 is 10.2 Å². The molecule has 0 radical (unpaired) electrons. The lowest BCUT2D eigenvalue weighted by molar-refractivity contribution is 0.0944. The molecule has 132 valence electrons. The van der Waals surface area contributed by atoms with Gasteiger partial charge in [0.15, 0.2) is 0 Å². The van der Waals surface area contributed by atoms with Crippen molar-refractivity contribution in [3.05, 3.63) is 35.9 Å². The molecule has 2 heterocycles. The Morgan fingerprint density at radius 3 is 2.64 bits per heavy atom. The first-order valence-electron chi connectivity index (χ1n) is 9.74. The van der Waals surface area contributed by atoms with E-state index in [1.54, 1.807) is 0 Å². The molecule has 1 aromatic carbocycles. The lowest BCUT2D eigenvalue weighted by Crippen LogP contribution is -2.32. The maximum absolute atomic E-state index is 12.9. The summed E-state index contributed by atoms with van der Waals surface area (Å²) in [6.45, 7) is 2.79. The van der Waals surface area contributed by atoms with E-state index in [4.69, 9.17) is 4.98 Å². The van der Waals surface area contributed by atoms with Crippen LogP contribution in [0.5, 0.6) is 0 Å². The van der Waals surface area contributed by atoms with Crippen LogP contribution < -0.4 is 10.2 Å². The van der Waals surface area contributed by atoms with E-state index >= 15 is 0 Å². The van der Waals surface area contributed by atoms with Gasteiger partial charge in [-0.1, -0.05) is 37.5 Å². The van der Waals surface area contributed by atoms with Crippen LogP contribution in [-0.2, 0) is 0 Å². The number of hydrogen-bond donors (Lipinski definition) is 1. The molecule has 1 aliphatic heterocycles. The highest BCUT2D eigenvalue weighted by Gasteiger charge is 2.23. The Bertz CT molecular complexity index is 746. The summed E-state index contributed by atoms with van der Waals surface area (Å²) in [5, 5.41) is 4.23. The van der Waals surface area contributed by atoms with Gasteiger partial charge >= 0.3 is 0 Å². The second kappa shape index (κ2) is 7.42. The third kappa shape index (κ3) is 3.63. The van der Waals surface area contributed by atoms with E-state index in [0.717, 1.165) is 41.9 Å². The number of para-hydroxylation sites is 1. The van der Waals surface area contributed by atoms with Crippen molar-refractivity contribution < 1.29 is 4.79 Å². The highest BCUT2D eigenvalue weighted by atomic mass is 16.1. The van der Waals surface area contributed by atoms with Gasteiger partial charge in [0.05, 0.1) is 11.1 Å². The van der Waals surface area contributed by atoms with Gasteiger partial charge in [-0.25, -0.2) is 4.98 Å². The van der Waals surface area contributed by atoms with E-state index in [2.05, 4.69) is 10.2 Å².